The largest absolute Gasteiger partial charge is 0.497 e. The zero-order chi connectivity index (χ0) is 19.6. The number of carbonyl (C=O) groups excluding carboxylic acids is 1. The molecule has 3 rings (SSSR count). The summed E-state index contributed by atoms with van der Waals surface area (Å²) in [6.07, 6.45) is 0.0572. The molecule has 27 heavy (non-hydrogen) atoms. The van der Waals surface area contributed by atoms with Crippen molar-refractivity contribution in [2.24, 2.45) is 0 Å². The van der Waals surface area contributed by atoms with Gasteiger partial charge in [-0.1, -0.05) is 18.2 Å². The summed E-state index contributed by atoms with van der Waals surface area (Å²) in [4.78, 5) is 12.8. The van der Waals surface area contributed by atoms with Crippen LogP contribution in [0.3, 0.4) is 0 Å². The van der Waals surface area contributed by atoms with Gasteiger partial charge in [0.25, 0.3) is 5.91 Å². The van der Waals surface area contributed by atoms with Crippen LogP contribution in [0, 0.1) is 6.92 Å². The fourth-order valence-corrected chi connectivity index (χ4v) is 3.31. The molecule has 1 aliphatic rings. The first-order valence-electron chi connectivity index (χ1n) is 9.19. The van der Waals surface area contributed by atoms with Crippen LogP contribution in [-0.2, 0) is 4.79 Å². The first-order valence-corrected chi connectivity index (χ1v) is 9.19. The van der Waals surface area contributed by atoms with Crippen molar-refractivity contribution in [3.63, 3.8) is 0 Å². The number of aryl methyl sites for hydroxylation is 1. The number of hydrogen-bond acceptors (Lipinski definition) is 4. The molecule has 0 radical (unpaired) electrons. The van der Waals surface area contributed by atoms with Crippen LogP contribution in [0.2, 0.25) is 0 Å². The van der Waals surface area contributed by atoms with E-state index in [-0.39, 0.29) is 17.6 Å². The number of amides is 1. The number of carbonyl (C=O) groups is 1. The van der Waals surface area contributed by atoms with Crippen molar-refractivity contribution in [3.8, 4) is 17.2 Å². The molecule has 0 aromatic heterocycles. The maximum absolute atomic E-state index is 12.8. The first-order chi connectivity index (χ1) is 12.8. The zero-order valence-corrected chi connectivity index (χ0v) is 16.5. The van der Waals surface area contributed by atoms with Gasteiger partial charge in [-0.05, 0) is 57.5 Å². The lowest BCUT2D eigenvalue weighted by atomic mass is 9.89. The van der Waals surface area contributed by atoms with Crippen LogP contribution >= 0.6 is 0 Å². The molecule has 0 bridgehead atoms. The monoisotopic (exact) mass is 369 g/mol. The predicted octanol–water partition coefficient (Wildman–Crippen LogP) is 4.19. The second-order valence-electron chi connectivity index (χ2n) is 7.56. The van der Waals surface area contributed by atoms with Crippen molar-refractivity contribution in [2.45, 2.75) is 51.9 Å². The normalized spacial score (nSPS) is 18.6. The van der Waals surface area contributed by atoms with Crippen molar-refractivity contribution >= 4 is 5.91 Å². The highest BCUT2D eigenvalue weighted by Gasteiger charge is 2.35. The zero-order valence-electron chi connectivity index (χ0n) is 16.5. The van der Waals surface area contributed by atoms with Crippen molar-refractivity contribution in [1.82, 2.24) is 5.32 Å². The van der Waals surface area contributed by atoms with Crippen molar-refractivity contribution in [3.05, 3.63) is 53.6 Å². The van der Waals surface area contributed by atoms with Crippen LogP contribution in [0.5, 0.6) is 17.2 Å². The number of methoxy groups -OCH3 is 1. The molecule has 2 atom stereocenters. The van der Waals surface area contributed by atoms with E-state index >= 15 is 0 Å². The van der Waals surface area contributed by atoms with Crippen molar-refractivity contribution in [2.75, 3.05) is 7.11 Å². The van der Waals surface area contributed by atoms with Gasteiger partial charge in [0.05, 0.1) is 13.2 Å². The molecule has 0 saturated carbocycles. The van der Waals surface area contributed by atoms with Gasteiger partial charge in [0.2, 0.25) is 0 Å². The van der Waals surface area contributed by atoms with E-state index in [4.69, 9.17) is 14.2 Å². The van der Waals surface area contributed by atoms with Crippen molar-refractivity contribution < 1.29 is 19.0 Å². The molecule has 1 aliphatic heterocycles. The van der Waals surface area contributed by atoms with Crippen LogP contribution in [-0.4, -0.2) is 24.7 Å². The highest BCUT2D eigenvalue weighted by molar-refractivity contribution is 5.81. The Kier molecular flexibility index (Phi) is 5.31. The van der Waals surface area contributed by atoms with Crippen LogP contribution < -0.4 is 19.5 Å². The molecule has 0 unspecified atom stereocenters. The van der Waals surface area contributed by atoms with Gasteiger partial charge in [-0.3, -0.25) is 4.79 Å². The smallest absolute Gasteiger partial charge is 0.261 e. The van der Waals surface area contributed by atoms with Crippen LogP contribution in [0.1, 0.15) is 44.4 Å². The molecule has 144 valence electrons. The number of benzene rings is 2. The van der Waals surface area contributed by atoms with E-state index in [0.717, 1.165) is 28.4 Å². The van der Waals surface area contributed by atoms with E-state index in [9.17, 15) is 4.79 Å². The molecule has 2 aromatic rings. The molecular weight excluding hydrogens is 342 g/mol. The molecule has 5 heteroatoms. The molecule has 1 heterocycles. The third-order valence-corrected chi connectivity index (χ3v) is 4.76. The molecule has 0 aliphatic carbocycles. The SMILES string of the molecule is COc1ccc2c(c1)[C@@H](NC(=O)[C@@H](C)Oc1ccccc1C)CC(C)(C)O2. The fraction of sp³-hybridized carbons (Fsp3) is 0.409. The van der Waals surface area contributed by atoms with E-state index in [1.54, 1.807) is 14.0 Å². The van der Waals surface area contributed by atoms with Gasteiger partial charge >= 0.3 is 0 Å². The summed E-state index contributed by atoms with van der Waals surface area (Å²) >= 11 is 0. The summed E-state index contributed by atoms with van der Waals surface area (Å²) in [5.41, 5.74) is 1.55. The Morgan fingerprint density at radius 3 is 2.70 bits per heavy atom. The molecule has 1 N–H and O–H groups in total. The Labute approximate surface area is 160 Å². The molecule has 1 amide bonds. The van der Waals surface area contributed by atoms with Crippen molar-refractivity contribution in [1.29, 1.82) is 0 Å². The summed E-state index contributed by atoms with van der Waals surface area (Å²) in [5.74, 6) is 2.06. The van der Waals surface area contributed by atoms with Gasteiger partial charge in [0.15, 0.2) is 6.10 Å². The van der Waals surface area contributed by atoms with E-state index in [0.29, 0.717) is 6.42 Å². The van der Waals surface area contributed by atoms with Crippen LogP contribution in [0.15, 0.2) is 42.5 Å². The second kappa shape index (κ2) is 7.51. The van der Waals surface area contributed by atoms with E-state index in [1.807, 2.05) is 63.2 Å². The summed E-state index contributed by atoms with van der Waals surface area (Å²) in [5, 5.41) is 3.12. The van der Waals surface area contributed by atoms with E-state index < -0.39 is 6.10 Å². The lowest BCUT2D eigenvalue weighted by Crippen LogP contribution is -2.44. The molecule has 0 spiro atoms. The molecule has 5 nitrogen and oxygen atoms in total. The fourth-order valence-electron chi connectivity index (χ4n) is 3.31. The Morgan fingerprint density at radius 2 is 2.00 bits per heavy atom. The van der Waals surface area contributed by atoms with Gasteiger partial charge in [-0.2, -0.15) is 0 Å². The first kappa shape index (κ1) is 19.1. The molecule has 0 fully saturated rings. The quantitative estimate of drug-likeness (QED) is 0.859. The maximum Gasteiger partial charge on any atom is 0.261 e. The van der Waals surface area contributed by atoms with Gasteiger partial charge in [0.1, 0.15) is 22.8 Å². The summed E-state index contributed by atoms with van der Waals surface area (Å²) in [7, 11) is 1.63. The number of fused-ring (bicyclic) bond motifs is 1. The minimum absolute atomic E-state index is 0.158. The number of nitrogens with one attached hydrogen (secondary N) is 1. The number of ether oxygens (including phenoxy) is 3. The maximum atomic E-state index is 12.8. The Balaban J connectivity index is 1.78. The minimum Gasteiger partial charge on any atom is -0.497 e. The summed E-state index contributed by atoms with van der Waals surface area (Å²) in [6.45, 7) is 7.77. The Morgan fingerprint density at radius 1 is 1.26 bits per heavy atom. The van der Waals surface area contributed by atoms with Crippen LogP contribution in [0.25, 0.3) is 0 Å². The minimum atomic E-state index is -0.605. The lowest BCUT2D eigenvalue weighted by molar-refractivity contribution is -0.128. The highest BCUT2D eigenvalue weighted by atomic mass is 16.5. The van der Waals surface area contributed by atoms with Gasteiger partial charge in [-0.15, -0.1) is 0 Å². The van der Waals surface area contributed by atoms with Gasteiger partial charge < -0.3 is 19.5 Å². The summed E-state index contributed by atoms with van der Waals surface area (Å²) in [6, 6.07) is 13.2. The van der Waals surface area contributed by atoms with Crippen LogP contribution in [0.4, 0.5) is 0 Å². The number of rotatable bonds is 5. The second-order valence-corrected chi connectivity index (χ2v) is 7.56. The van der Waals surface area contributed by atoms with E-state index in [1.165, 1.54) is 0 Å². The molecular formula is C22H27NO4. The Hall–Kier alpha value is -2.69. The van der Waals surface area contributed by atoms with Gasteiger partial charge in [0, 0.05) is 12.0 Å². The molecule has 0 saturated heterocycles. The highest BCUT2D eigenvalue weighted by Crippen LogP contribution is 2.41. The Bertz CT molecular complexity index is 831. The number of hydrogen-bond donors (Lipinski definition) is 1. The van der Waals surface area contributed by atoms with E-state index in [2.05, 4.69) is 5.32 Å². The average Bonchev–Trinajstić information content (AvgIpc) is 2.62. The average molecular weight is 369 g/mol. The third-order valence-electron chi connectivity index (χ3n) is 4.76. The lowest BCUT2D eigenvalue weighted by Gasteiger charge is -2.38. The van der Waals surface area contributed by atoms with Gasteiger partial charge in [-0.25, -0.2) is 0 Å². The predicted molar refractivity (Wildman–Crippen MR) is 104 cm³/mol. The molecule has 2 aromatic carbocycles. The topological polar surface area (TPSA) is 56.8 Å². The standard InChI is InChI=1S/C22H27NO4/c1-14-8-6-7-9-19(14)26-15(2)21(24)23-18-13-22(3,4)27-20-11-10-16(25-5)12-17(18)20/h6-12,15,18H,13H2,1-5H3,(H,23,24)/t15-,18+/m1/s1. The third kappa shape index (κ3) is 4.35. The number of para-hydroxylation sites is 1. The summed E-state index contributed by atoms with van der Waals surface area (Å²) < 4.78 is 17.3.